The number of aromatic nitrogens is 4. The van der Waals surface area contributed by atoms with Gasteiger partial charge in [0, 0.05) is 10.7 Å². The second-order valence-electron chi connectivity index (χ2n) is 5.14. The van der Waals surface area contributed by atoms with E-state index in [4.69, 9.17) is 0 Å². The molecule has 9 nitrogen and oxygen atoms in total. The van der Waals surface area contributed by atoms with Crippen LogP contribution in [0.1, 0.15) is 0 Å². The first kappa shape index (κ1) is 19.3. The molecule has 2 aromatic rings. The quantitative estimate of drug-likeness (QED) is 0.648. The van der Waals surface area contributed by atoms with Gasteiger partial charge < -0.3 is 5.32 Å². The van der Waals surface area contributed by atoms with Crippen LogP contribution in [0.5, 0.6) is 0 Å². The van der Waals surface area contributed by atoms with Crippen molar-refractivity contribution in [3.63, 3.8) is 0 Å². The minimum absolute atomic E-state index is 0.0923. The number of hydrogen-bond donors (Lipinski definition) is 1. The van der Waals surface area contributed by atoms with Gasteiger partial charge in [0.05, 0.1) is 13.1 Å². The Morgan fingerprint density at radius 2 is 1.58 bits per heavy atom. The summed E-state index contributed by atoms with van der Waals surface area (Å²) in [5.74, 6) is -0.370. The maximum absolute atomic E-state index is 12.4. The van der Waals surface area contributed by atoms with Crippen molar-refractivity contribution in [3.05, 3.63) is 79.6 Å². The number of amides is 1. The van der Waals surface area contributed by atoms with Crippen LogP contribution in [0.2, 0.25) is 0 Å². The molecule has 0 aliphatic heterocycles. The summed E-state index contributed by atoms with van der Waals surface area (Å²) in [6.45, 7) is 6.22. The summed E-state index contributed by atoms with van der Waals surface area (Å²) in [5, 5.41) is 2.48. The third-order valence-corrected chi connectivity index (χ3v) is 3.77. The van der Waals surface area contributed by atoms with E-state index in [1.807, 2.05) is 0 Å². The van der Waals surface area contributed by atoms with Crippen LogP contribution in [0.3, 0.4) is 0 Å². The number of carbonyl (C=O) groups excluding carboxylic acids is 1. The van der Waals surface area contributed by atoms with E-state index < -0.39 is 29.5 Å². The molecule has 0 bridgehead atoms. The average molecular weight is 422 g/mol. The Balaban J connectivity index is 2.42. The number of halogens is 1. The van der Waals surface area contributed by atoms with Crippen molar-refractivity contribution in [2.75, 3.05) is 5.32 Å². The van der Waals surface area contributed by atoms with Crippen LogP contribution < -0.4 is 22.4 Å². The summed E-state index contributed by atoms with van der Waals surface area (Å²) < 4.78 is 3.06. The average Bonchev–Trinajstić information content (AvgIpc) is 2.61. The molecule has 136 valence electrons. The Labute approximate surface area is 156 Å². The van der Waals surface area contributed by atoms with Gasteiger partial charge in [0.25, 0.3) is 0 Å². The SMILES string of the molecule is C=CCn1c(=O)n(CC=C)c(=O)n(CC(=O)Nc2ccc(Br)cn2)c1=O. The molecular weight excluding hydrogens is 406 g/mol. The molecule has 0 radical (unpaired) electrons. The fourth-order valence-electron chi connectivity index (χ4n) is 2.16. The number of nitrogens with zero attached hydrogens (tertiary/aromatic N) is 4. The normalized spacial score (nSPS) is 10.3. The molecule has 1 N–H and O–H groups in total. The Morgan fingerprint density at radius 3 is 2.04 bits per heavy atom. The predicted octanol–water partition coefficient (Wildman–Crippen LogP) is 0.340. The third kappa shape index (κ3) is 4.14. The molecule has 2 aromatic heterocycles. The number of rotatable bonds is 7. The molecule has 0 spiro atoms. The highest BCUT2D eigenvalue weighted by Crippen LogP contribution is 2.10. The molecule has 0 atom stereocenters. The Morgan fingerprint density at radius 1 is 1.04 bits per heavy atom. The molecule has 26 heavy (non-hydrogen) atoms. The van der Waals surface area contributed by atoms with Crippen molar-refractivity contribution < 1.29 is 4.79 Å². The molecule has 10 heteroatoms. The van der Waals surface area contributed by atoms with E-state index in [1.54, 1.807) is 12.1 Å². The zero-order chi connectivity index (χ0) is 19.3. The molecule has 1 amide bonds. The number of nitrogens with one attached hydrogen (secondary N) is 1. The Bertz CT molecular complexity index is 969. The smallest absolute Gasteiger partial charge is 0.309 e. The zero-order valence-corrected chi connectivity index (χ0v) is 15.3. The summed E-state index contributed by atoms with van der Waals surface area (Å²) in [7, 11) is 0. The van der Waals surface area contributed by atoms with Gasteiger partial charge in [0.2, 0.25) is 5.91 Å². The molecule has 0 fully saturated rings. The molecule has 2 heterocycles. The summed E-state index contributed by atoms with van der Waals surface area (Å²) in [6, 6.07) is 3.23. The summed E-state index contributed by atoms with van der Waals surface area (Å²) in [4.78, 5) is 53.3. The highest BCUT2D eigenvalue weighted by Gasteiger charge is 2.16. The summed E-state index contributed by atoms with van der Waals surface area (Å²) >= 11 is 3.22. The second kappa shape index (κ2) is 8.39. The van der Waals surface area contributed by atoms with Gasteiger partial charge in [-0.15, -0.1) is 13.2 Å². The van der Waals surface area contributed by atoms with Crippen LogP contribution in [-0.2, 0) is 24.4 Å². The fourth-order valence-corrected chi connectivity index (χ4v) is 2.40. The molecule has 0 saturated carbocycles. The molecular formula is C16H16BrN5O4. The van der Waals surface area contributed by atoms with E-state index in [-0.39, 0.29) is 18.9 Å². The van der Waals surface area contributed by atoms with E-state index >= 15 is 0 Å². The highest BCUT2D eigenvalue weighted by molar-refractivity contribution is 9.10. The van der Waals surface area contributed by atoms with Gasteiger partial charge >= 0.3 is 17.1 Å². The van der Waals surface area contributed by atoms with Crippen LogP contribution in [-0.4, -0.2) is 24.6 Å². The van der Waals surface area contributed by atoms with Gasteiger partial charge in [-0.2, -0.15) is 0 Å². The van der Waals surface area contributed by atoms with E-state index in [0.717, 1.165) is 13.6 Å². The monoisotopic (exact) mass is 421 g/mol. The molecule has 0 unspecified atom stereocenters. The Hall–Kier alpha value is -3.01. The van der Waals surface area contributed by atoms with E-state index in [2.05, 4.69) is 39.4 Å². The van der Waals surface area contributed by atoms with Gasteiger partial charge in [-0.05, 0) is 28.1 Å². The Kier molecular flexibility index (Phi) is 6.23. The van der Waals surface area contributed by atoms with Crippen LogP contribution >= 0.6 is 15.9 Å². The van der Waals surface area contributed by atoms with Crippen molar-refractivity contribution >= 4 is 27.7 Å². The maximum Gasteiger partial charge on any atom is 0.337 e. The lowest BCUT2D eigenvalue weighted by atomic mass is 10.4. The van der Waals surface area contributed by atoms with E-state index in [0.29, 0.717) is 4.57 Å². The molecule has 2 rings (SSSR count). The van der Waals surface area contributed by atoms with Gasteiger partial charge in [0.15, 0.2) is 0 Å². The van der Waals surface area contributed by atoms with Crippen molar-refractivity contribution in [2.24, 2.45) is 0 Å². The van der Waals surface area contributed by atoms with Gasteiger partial charge in [-0.1, -0.05) is 12.2 Å². The third-order valence-electron chi connectivity index (χ3n) is 3.31. The van der Waals surface area contributed by atoms with Gasteiger partial charge in [0.1, 0.15) is 12.4 Å². The number of carbonyl (C=O) groups is 1. The summed E-state index contributed by atoms with van der Waals surface area (Å²) in [5.41, 5.74) is -2.57. The van der Waals surface area contributed by atoms with Gasteiger partial charge in [-0.25, -0.2) is 33.1 Å². The molecule has 0 aromatic carbocycles. The predicted molar refractivity (Wildman–Crippen MR) is 100 cm³/mol. The van der Waals surface area contributed by atoms with Gasteiger partial charge in [-0.3, -0.25) is 4.79 Å². The summed E-state index contributed by atoms with van der Waals surface area (Å²) in [6.07, 6.45) is 4.19. The number of pyridine rings is 1. The minimum atomic E-state index is -0.890. The number of allylic oxidation sites excluding steroid dienone is 2. The first-order valence-corrected chi connectivity index (χ1v) is 8.26. The number of hydrogen-bond acceptors (Lipinski definition) is 5. The second-order valence-corrected chi connectivity index (χ2v) is 6.06. The lowest BCUT2D eigenvalue weighted by Gasteiger charge is -2.12. The van der Waals surface area contributed by atoms with Crippen LogP contribution in [0, 0.1) is 0 Å². The topological polar surface area (TPSA) is 108 Å². The van der Waals surface area contributed by atoms with E-state index in [1.165, 1.54) is 18.3 Å². The van der Waals surface area contributed by atoms with Crippen LogP contribution in [0.15, 0.2) is 62.5 Å². The van der Waals surface area contributed by atoms with Crippen molar-refractivity contribution in [3.8, 4) is 0 Å². The lowest BCUT2D eigenvalue weighted by Crippen LogP contribution is -2.55. The lowest BCUT2D eigenvalue weighted by molar-refractivity contribution is -0.116. The fraction of sp³-hybridized carbons (Fsp3) is 0.188. The standard InChI is InChI=1S/C16H16BrN5O4/c1-3-7-20-14(24)21(8-4-2)16(26)22(15(20)25)10-13(23)19-12-6-5-11(17)9-18-12/h3-6,9H,1-2,7-8,10H2,(H,18,19,23). The van der Waals surface area contributed by atoms with Crippen molar-refractivity contribution in [1.82, 2.24) is 18.7 Å². The highest BCUT2D eigenvalue weighted by atomic mass is 79.9. The van der Waals surface area contributed by atoms with Crippen molar-refractivity contribution in [2.45, 2.75) is 19.6 Å². The maximum atomic E-state index is 12.4. The molecule has 0 saturated heterocycles. The molecule has 0 aliphatic carbocycles. The first-order chi connectivity index (χ1) is 12.4. The van der Waals surface area contributed by atoms with Crippen molar-refractivity contribution in [1.29, 1.82) is 0 Å². The van der Waals surface area contributed by atoms with Crippen LogP contribution in [0.4, 0.5) is 5.82 Å². The largest absolute Gasteiger partial charge is 0.337 e. The van der Waals surface area contributed by atoms with Crippen LogP contribution in [0.25, 0.3) is 0 Å². The minimum Gasteiger partial charge on any atom is -0.309 e. The zero-order valence-electron chi connectivity index (χ0n) is 13.7. The first-order valence-electron chi connectivity index (χ1n) is 7.46. The number of anilines is 1. The molecule has 0 aliphatic rings. The van der Waals surface area contributed by atoms with E-state index in [9.17, 15) is 19.2 Å².